The number of aromatic carboxylic acids is 1. The van der Waals surface area contributed by atoms with E-state index < -0.39 is 5.97 Å². The Hall–Kier alpha value is -2.37. The van der Waals surface area contributed by atoms with Gasteiger partial charge in [0.25, 0.3) is 0 Å². The quantitative estimate of drug-likeness (QED) is 0.881. The summed E-state index contributed by atoms with van der Waals surface area (Å²) in [5, 5.41) is 11.7. The number of carbonyl (C=O) groups is 2. The van der Waals surface area contributed by atoms with E-state index in [1.54, 1.807) is 25.2 Å². The number of likely N-dealkylation sites (N-methyl/N-ethyl adjacent to an activating group) is 1. The van der Waals surface area contributed by atoms with Crippen molar-refractivity contribution < 1.29 is 14.7 Å². The topological polar surface area (TPSA) is 84.2 Å². The van der Waals surface area contributed by atoms with Crippen molar-refractivity contribution in [1.82, 2.24) is 14.9 Å². The molecule has 1 aliphatic rings. The highest BCUT2D eigenvalue weighted by Gasteiger charge is 2.30. The molecule has 0 radical (unpaired) electrons. The third-order valence-corrected chi connectivity index (χ3v) is 3.55. The Morgan fingerprint density at radius 2 is 2.20 bits per heavy atom. The summed E-state index contributed by atoms with van der Waals surface area (Å²) in [4.78, 5) is 27.3. The van der Waals surface area contributed by atoms with Crippen molar-refractivity contribution in [2.75, 3.05) is 7.05 Å². The monoisotopic (exact) mass is 273 g/mol. The molecule has 0 aliphatic heterocycles. The average molecular weight is 273 g/mol. The molecule has 20 heavy (non-hydrogen) atoms. The van der Waals surface area contributed by atoms with Crippen molar-refractivity contribution in [3.05, 3.63) is 29.6 Å². The maximum Gasteiger partial charge on any atom is 0.335 e. The molecule has 0 unspecified atom stereocenters. The number of carbonyl (C=O) groups excluding carboxylic acids is 1. The second-order valence-corrected chi connectivity index (χ2v) is 5.01. The molecule has 1 aromatic heterocycles. The summed E-state index contributed by atoms with van der Waals surface area (Å²) in [6.45, 7) is 0.169. The number of imidazole rings is 1. The summed E-state index contributed by atoms with van der Waals surface area (Å²) in [6.07, 6.45) is 2.14. The lowest BCUT2D eigenvalue weighted by Gasteiger charge is -2.07. The van der Waals surface area contributed by atoms with Crippen LogP contribution in [-0.4, -0.2) is 33.6 Å². The van der Waals surface area contributed by atoms with Gasteiger partial charge in [-0.1, -0.05) is 0 Å². The zero-order chi connectivity index (χ0) is 14.3. The van der Waals surface area contributed by atoms with Crippen LogP contribution in [0.1, 0.15) is 34.9 Å². The van der Waals surface area contributed by atoms with Crippen molar-refractivity contribution in [3.63, 3.8) is 0 Å². The summed E-state index contributed by atoms with van der Waals surface area (Å²) < 4.78 is 1.83. The Balaban J connectivity index is 2.14. The number of nitrogens with zero attached hydrogens (tertiary/aromatic N) is 2. The van der Waals surface area contributed by atoms with Gasteiger partial charge in [-0.3, -0.25) is 4.79 Å². The first kappa shape index (κ1) is 12.7. The lowest BCUT2D eigenvalue weighted by atomic mass is 10.2. The third-order valence-electron chi connectivity index (χ3n) is 3.55. The van der Waals surface area contributed by atoms with Gasteiger partial charge in [-0.15, -0.1) is 0 Å². The molecule has 0 spiro atoms. The van der Waals surface area contributed by atoms with Gasteiger partial charge in [-0.25, -0.2) is 9.78 Å². The summed E-state index contributed by atoms with van der Waals surface area (Å²) in [5.74, 6) is 0.172. The van der Waals surface area contributed by atoms with Gasteiger partial charge in [0.15, 0.2) is 0 Å². The molecule has 2 aromatic rings. The molecule has 104 valence electrons. The molecule has 1 fully saturated rings. The van der Waals surface area contributed by atoms with E-state index in [1.807, 2.05) is 4.57 Å². The number of hydrogen-bond acceptors (Lipinski definition) is 3. The minimum absolute atomic E-state index is 0.119. The highest BCUT2D eigenvalue weighted by atomic mass is 16.4. The van der Waals surface area contributed by atoms with Crippen LogP contribution in [0.3, 0.4) is 0 Å². The van der Waals surface area contributed by atoms with Crippen molar-refractivity contribution in [3.8, 4) is 0 Å². The highest BCUT2D eigenvalue weighted by molar-refractivity contribution is 5.93. The minimum Gasteiger partial charge on any atom is -0.478 e. The first-order chi connectivity index (χ1) is 9.60. The Kier molecular flexibility index (Phi) is 2.93. The molecule has 1 saturated carbocycles. The minimum atomic E-state index is -0.979. The first-order valence-corrected chi connectivity index (χ1v) is 6.54. The number of hydrogen-bond donors (Lipinski definition) is 2. The highest BCUT2D eigenvalue weighted by Crippen LogP contribution is 2.40. The van der Waals surface area contributed by atoms with Crippen molar-refractivity contribution in [2.45, 2.75) is 25.3 Å². The number of rotatable bonds is 4. The summed E-state index contributed by atoms with van der Waals surface area (Å²) >= 11 is 0. The number of carboxylic acids is 1. The molecule has 6 nitrogen and oxygen atoms in total. The molecule has 2 N–H and O–H groups in total. The maximum absolute atomic E-state index is 11.7. The molecule has 1 aromatic carbocycles. The van der Waals surface area contributed by atoms with Gasteiger partial charge in [0.1, 0.15) is 12.4 Å². The maximum atomic E-state index is 11.7. The van der Waals surface area contributed by atoms with Crippen LogP contribution >= 0.6 is 0 Å². The second kappa shape index (κ2) is 4.63. The molecule has 6 heteroatoms. The Morgan fingerprint density at radius 1 is 1.45 bits per heavy atom. The standard InChI is InChI=1S/C14H15N3O3/c1-15-12(18)7-17-11-6-9(14(19)20)4-5-10(11)16-13(17)8-2-3-8/h4-6,8H,2-3,7H2,1H3,(H,15,18)(H,19,20). The predicted octanol–water partition coefficient (Wildman–Crippen LogP) is 1.36. The predicted molar refractivity (Wildman–Crippen MR) is 72.7 cm³/mol. The molecule has 1 aliphatic carbocycles. The summed E-state index contributed by atoms with van der Waals surface area (Å²) in [5.41, 5.74) is 1.65. The first-order valence-electron chi connectivity index (χ1n) is 6.54. The van der Waals surface area contributed by atoms with Gasteiger partial charge >= 0.3 is 5.97 Å². The molecule has 0 bridgehead atoms. The van der Waals surface area contributed by atoms with Gasteiger partial charge in [-0.05, 0) is 31.0 Å². The van der Waals surface area contributed by atoms with Crippen LogP contribution in [0.2, 0.25) is 0 Å². The Labute approximate surface area is 115 Å². The SMILES string of the molecule is CNC(=O)Cn1c(C2CC2)nc2ccc(C(=O)O)cc21. The summed E-state index contributed by atoms with van der Waals surface area (Å²) in [7, 11) is 1.58. The van der Waals surface area contributed by atoms with Gasteiger partial charge in [0.2, 0.25) is 5.91 Å². The average Bonchev–Trinajstić information content (AvgIpc) is 3.22. The fourth-order valence-electron chi connectivity index (χ4n) is 2.32. The van der Waals surface area contributed by atoms with Crippen LogP contribution in [-0.2, 0) is 11.3 Å². The Bertz CT molecular complexity index is 701. The molecule has 0 saturated heterocycles. The fraction of sp³-hybridized carbons (Fsp3) is 0.357. The van der Waals surface area contributed by atoms with E-state index in [0.29, 0.717) is 11.4 Å². The van der Waals surface area contributed by atoms with E-state index in [9.17, 15) is 9.59 Å². The van der Waals surface area contributed by atoms with Crippen LogP contribution in [0.25, 0.3) is 11.0 Å². The van der Waals surface area contributed by atoms with E-state index in [1.165, 1.54) is 0 Å². The van der Waals surface area contributed by atoms with E-state index in [0.717, 1.165) is 24.2 Å². The Morgan fingerprint density at radius 3 is 2.80 bits per heavy atom. The van der Waals surface area contributed by atoms with Crippen LogP contribution < -0.4 is 5.32 Å². The van der Waals surface area contributed by atoms with Crippen LogP contribution in [0.4, 0.5) is 0 Å². The largest absolute Gasteiger partial charge is 0.478 e. The van der Waals surface area contributed by atoms with E-state index in [-0.39, 0.29) is 18.0 Å². The fourth-order valence-corrected chi connectivity index (χ4v) is 2.32. The summed E-state index contributed by atoms with van der Waals surface area (Å²) in [6, 6.07) is 4.82. The number of amides is 1. The number of fused-ring (bicyclic) bond motifs is 1. The van der Waals surface area contributed by atoms with Crippen molar-refractivity contribution in [1.29, 1.82) is 0 Å². The number of nitrogens with one attached hydrogen (secondary N) is 1. The molecule has 1 heterocycles. The van der Waals surface area contributed by atoms with Gasteiger partial charge < -0.3 is 15.0 Å². The smallest absolute Gasteiger partial charge is 0.335 e. The van der Waals surface area contributed by atoms with Crippen LogP contribution in [0.15, 0.2) is 18.2 Å². The normalized spacial score (nSPS) is 14.4. The molecular formula is C14H15N3O3. The van der Waals surface area contributed by atoms with E-state index in [2.05, 4.69) is 10.3 Å². The zero-order valence-corrected chi connectivity index (χ0v) is 11.1. The molecular weight excluding hydrogens is 258 g/mol. The number of carboxylic acid groups (broad SMARTS) is 1. The third kappa shape index (κ3) is 2.13. The van der Waals surface area contributed by atoms with Crippen LogP contribution in [0, 0.1) is 0 Å². The lowest BCUT2D eigenvalue weighted by Crippen LogP contribution is -2.24. The molecule has 0 atom stereocenters. The number of benzene rings is 1. The zero-order valence-electron chi connectivity index (χ0n) is 11.1. The number of aromatic nitrogens is 2. The molecule has 3 rings (SSSR count). The lowest BCUT2D eigenvalue weighted by molar-refractivity contribution is -0.121. The second-order valence-electron chi connectivity index (χ2n) is 5.01. The van der Waals surface area contributed by atoms with Gasteiger partial charge in [0.05, 0.1) is 16.6 Å². The van der Waals surface area contributed by atoms with Crippen LogP contribution in [0.5, 0.6) is 0 Å². The van der Waals surface area contributed by atoms with E-state index in [4.69, 9.17) is 5.11 Å². The van der Waals surface area contributed by atoms with Gasteiger partial charge in [0, 0.05) is 13.0 Å². The molecule has 1 amide bonds. The van der Waals surface area contributed by atoms with Crippen molar-refractivity contribution >= 4 is 22.9 Å². The van der Waals surface area contributed by atoms with Crippen molar-refractivity contribution in [2.24, 2.45) is 0 Å². The van der Waals surface area contributed by atoms with E-state index >= 15 is 0 Å². The van der Waals surface area contributed by atoms with Gasteiger partial charge in [-0.2, -0.15) is 0 Å².